The third-order valence-corrected chi connectivity index (χ3v) is 5.64. The molecule has 2 heteroatoms. The molecular weight excluding hydrogens is 476 g/mol. The predicted molar refractivity (Wildman–Crippen MR) is 166 cm³/mol. The van der Waals surface area contributed by atoms with Crippen molar-refractivity contribution in [2.45, 2.75) is 0 Å². The van der Waals surface area contributed by atoms with Crippen molar-refractivity contribution >= 4 is 6.79 Å². The lowest BCUT2D eigenvalue weighted by molar-refractivity contribution is -0.0979. The van der Waals surface area contributed by atoms with Gasteiger partial charge in [-0.05, 0) is 33.4 Å². The molecule has 6 aromatic rings. The molecule has 0 aliphatic carbocycles. The zero-order valence-corrected chi connectivity index (χ0v) is 21.9. The number of hydrogen-bond acceptors (Lipinski definition) is 1. The fourth-order valence-corrected chi connectivity index (χ4v) is 3.78. The van der Waals surface area contributed by atoms with E-state index in [1.165, 1.54) is 33.4 Å². The molecule has 0 aliphatic rings. The van der Waals surface area contributed by atoms with Gasteiger partial charge in [0.15, 0.2) is 0 Å². The summed E-state index contributed by atoms with van der Waals surface area (Å²) in [6.07, 6.45) is 0. The average molecular weight is 511 g/mol. The summed E-state index contributed by atoms with van der Waals surface area (Å²) in [6.45, 7) is 2.00. The monoisotopic (exact) mass is 510 g/mol. The lowest BCUT2D eigenvalue weighted by Gasteiger charge is -1.98. The number of rotatable bonds is 3. The van der Waals surface area contributed by atoms with Crippen LogP contribution in [0.1, 0.15) is 0 Å². The summed E-state index contributed by atoms with van der Waals surface area (Å²) in [5.74, 6) is 0. The van der Waals surface area contributed by atoms with Gasteiger partial charge in [-0.15, -0.1) is 0 Å². The molecule has 0 aromatic heterocycles. The van der Waals surface area contributed by atoms with Gasteiger partial charge in [0.1, 0.15) is 6.79 Å². The minimum Gasteiger partial charge on any atom is -0.412 e. The number of carbonyl (C=O) groups is 1. The Bertz CT molecular complexity index is 1100. The Morgan fingerprint density at radius 2 is 0.333 bits per heavy atom. The Hall–Kier alpha value is -5.05. The molecule has 0 spiro atoms. The largest absolute Gasteiger partial charge is 0.412 e. The Morgan fingerprint density at radius 3 is 0.436 bits per heavy atom. The van der Waals surface area contributed by atoms with Gasteiger partial charge in [0.2, 0.25) is 0 Å². The molecule has 0 heterocycles. The molecule has 0 aliphatic heterocycles. The van der Waals surface area contributed by atoms with E-state index in [9.17, 15) is 0 Å². The highest BCUT2D eigenvalue weighted by molar-refractivity contribution is 5.64. The van der Waals surface area contributed by atoms with Crippen molar-refractivity contribution in [2.75, 3.05) is 0 Å². The second-order valence-corrected chi connectivity index (χ2v) is 8.20. The standard InChI is InChI=1S/3C12H10.CH2O.H2O/c3*1-3-7-11(8-4-1)12-9-5-2-6-10-12;1-2;/h3*1-10H;1H2;1H2. The van der Waals surface area contributed by atoms with Crippen molar-refractivity contribution in [1.29, 1.82) is 0 Å². The van der Waals surface area contributed by atoms with Crippen LogP contribution in [0.5, 0.6) is 0 Å². The van der Waals surface area contributed by atoms with Crippen LogP contribution >= 0.6 is 0 Å². The second-order valence-electron chi connectivity index (χ2n) is 8.20. The van der Waals surface area contributed by atoms with Crippen LogP contribution in [0.4, 0.5) is 0 Å². The van der Waals surface area contributed by atoms with E-state index in [1.807, 2.05) is 43.2 Å². The molecule has 0 saturated carbocycles. The second kappa shape index (κ2) is 18.2. The molecule has 2 nitrogen and oxygen atoms in total. The number of hydrogen-bond donors (Lipinski definition) is 0. The molecule has 0 fully saturated rings. The molecule has 6 aromatic carbocycles. The zero-order chi connectivity index (χ0) is 26.7. The molecular formula is C37H34O2. The lowest BCUT2D eigenvalue weighted by atomic mass is 10.1. The summed E-state index contributed by atoms with van der Waals surface area (Å²) in [6, 6.07) is 62.3. The summed E-state index contributed by atoms with van der Waals surface area (Å²) in [5.41, 5.74) is 7.66. The van der Waals surface area contributed by atoms with Gasteiger partial charge >= 0.3 is 0 Å². The quantitative estimate of drug-likeness (QED) is 0.234. The van der Waals surface area contributed by atoms with Crippen LogP contribution in [0.3, 0.4) is 0 Å². The number of carbonyl (C=O) groups excluding carboxylic acids is 1. The van der Waals surface area contributed by atoms with Gasteiger partial charge in [0, 0.05) is 0 Å². The average Bonchev–Trinajstić information content (AvgIpc) is 3.05. The molecule has 0 radical (unpaired) electrons. The Kier molecular flexibility index (Phi) is 14.1. The van der Waals surface area contributed by atoms with E-state index in [-0.39, 0.29) is 5.48 Å². The molecule has 0 amide bonds. The van der Waals surface area contributed by atoms with E-state index in [4.69, 9.17) is 4.79 Å². The van der Waals surface area contributed by atoms with E-state index in [1.54, 1.807) is 0 Å². The minimum atomic E-state index is 0. The van der Waals surface area contributed by atoms with E-state index in [0.717, 1.165) is 0 Å². The highest BCUT2D eigenvalue weighted by Crippen LogP contribution is 2.19. The Morgan fingerprint density at radius 1 is 0.231 bits per heavy atom. The van der Waals surface area contributed by atoms with Crippen LogP contribution in [0.25, 0.3) is 33.4 Å². The first-order chi connectivity index (χ1) is 18.9. The first-order valence-corrected chi connectivity index (χ1v) is 12.5. The molecule has 194 valence electrons. The van der Waals surface area contributed by atoms with Crippen molar-refractivity contribution in [3.8, 4) is 33.4 Å². The fourth-order valence-electron chi connectivity index (χ4n) is 3.78. The molecule has 0 bridgehead atoms. The van der Waals surface area contributed by atoms with Gasteiger partial charge in [-0.25, -0.2) is 0 Å². The summed E-state index contributed by atoms with van der Waals surface area (Å²) < 4.78 is 0. The minimum absolute atomic E-state index is 0. The van der Waals surface area contributed by atoms with Crippen LogP contribution < -0.4 is 0 Å². The summed E-state index contributed by atoms with van der Waals surface area (Å²) in [7, 11) is 0. The van der Waals surface area contributed by atoms with E-state index in [0.29, 0.717) is 0 Å². The van der Waals surface area contributed by atoms with Crippen molar-refractivity contribution in [3.05, 3.63) is 182 Å². The first kappa shape index (κ1) is 30.2. The highest BCUT2D eigenvalue weighted by atomic mass is 16.1. The summed E-state index contributed by atoms with van der Waals surface area (Å²) >= 11 is 0. The molecule has 0 atom stereocenters. The maximum atomic E-state index is 8.00. The van der Waals surface area contributed by atoms with Crippen LogP contribution in [0.15, 0.2) is 182 Å². The lowest BCUT2D eigenvalue weighted by Crippen LogP contribution is -1.73. The van der Waals surface area contributed by atoms with Crippen LogP contribution in [-0.4, -0.2) is 12.3 Å². The van der Waals surface area contributed by atoms with E-state index >= 15 is 0 Å². The van der Waals surface area contributed by atoms with E-state index in [2.05, 4.69) is 146 Å². The first-order valence-electron chi connectivity index (χ1n) is 12.5. The van der Waals surface area contributed by atoms with Gasteiger partial charge in [0.25, 0.3) is 0 Å². The Labute approximate surface area is 232 Å². The smallest absolute Gasteiger partial charge is 0.106 e. The Balaban J connectivity index is 0.000000196. The van der Waals surface area contributed by atoms with Gasteiger partial charge < -0.3 is 10.3 Å². The molecule has 2 N–H and O–H groups in total. The van der Waals surface area contributed by atoms with Gasteiger partial charge in [-0.1, -0.05) is 182 Å². The maximum absolute atomic E-state index is 8.00. The zero-order valence-electron chi connectivity index (χ0n) is 21.9. The molecule has 0 saturated heterocycles. The van der Waals surface area contributed by atoms with Crippen molar-refractivity contribution in [3.63, 3.8) is 0 Å². The van der Waals surface area contributed by atoms with Crippen LogP contribution in [-0.2, 0) is 4.79 Å². The van der Waals surface area contributed by atoms with Crippen molar-refractivity contribution in [2.24, 2.45) is 0 Å². The third-order valence-electron chi connectivity index (χ3n) is 5.64. The third kappa shape index (κ3) is 10.5. The fraction of sp³-hybridized carbons (Fsp3) is 0. The van der Waals surface area contributed by atoms with Gasteiger partial charge in [-0.3, -0.25) is 0 Å². The summed E-state index contributed by atoms with van der Waals surface area (Å²) in [5, 5.41) is 0. The topological polar surface area (TPSA) is 48.6 Å². The number of benzene rings is 6. The highest BCUT2D eigenvalue weighted by Gasteiger charge is 1.93. The van der Waals surface area contributed by atoms with Crippen LogP contribution in [0.2, 0.25) is 0 Å². The SMILES string of the molecule is C=O.O.c1ccc(-c2ccccc2)cc1.c1ccc(-c2ccccc2)cc1.c1ccc(-c2ccccc2)cc1. The van der Waals surface area contributed by atoms with Crippen LogP contribution in [0, 0.1) is 0 Å². The molecule has 0 unspecified atom stereocenters. The normalized spacial score (nSPS) is 9.03. The molecule has 39 heavy (non-hydrogen) atoms. The van der Waals surface area contributed by atoms with Gasteiger partial charge in [0.05, 0.1) is 0 Å². The summed E-state index contributed by atoms with van der Waals surface area (Å²) in [4.78, 5) is 8.00. The molecule has 6 rings (SSSR count). The van der Waals surface area contributed by atoms with Crippen molar-refractivity contribution in [1.82, 2.24) is 0 Å². The van der Waals surface area contributed by atoms with Crippen molar-refractivity contribution < 1.29 is 10.3 Å². The maximum Gasteiger partial charge on any atom is 0.106 e. The van der Waals surface area contributed by atoms with E-state index < -0.39 is 0 Å². The predicted octanol–water partition coefficient (Wildman–Crippen LogP) is 9.05. The van der Waals surface area contributed by atoms with Gasteiger partial charge in [-0.2, -0.15) is 0 Å².